The van der Waals surface area contributed by atoms with Crippen LogP contribution in [0.15, 0.2) is 24.3 Å². The van der Waals surface area contributed by atoms with Gasteiger partial charge >= 0.3 is 6.18 Å². The quantitative estimate of drug-likeness (QED) is 0.785. The Morgan fingerprint density at radius 2 is 1.91 bits per heavy atom. The van der Waals surface area contributed by atoms with Crippen LogP contribution in [0.25, 0.3) is 0 Å². The van der Waals surface area contributed by atoms with Crippen LogP contribution in [0.2, 0.25) is 0 Å². The molecule has 132 valence electrons. The number of nitrogens with one attached hydrogen (secondary N) is 2. The van der Waals surface area contributed by atoms with Crippen LogP contribution in [0.1, 0.15) is 44.2 Å². The molecular weight excluding hydrogens is 329 g/mol. The van der Waals surface area contributed by atoms with Crippen molar-refractivity contribution in [1.29, 1.82) is 0 Å². The van der Waals surface area contributed by atoms with Gasteiger partial charge in [0.05, 0.1) is 11.5 Å². The van der Waals surface area contributed by atoms with Crippen molar-refractivity contribution in [3.63, 3.8) is 0 Å². The summed E-state index contributed by atoms with van der Waals surface area (Å²) in [6, 6.07) is 5.10. The predicted molar refractivity (Wildman–Crippen MR) is 87.9 cm³/mol. The molecule has 1 amide bonds. The highest BCUT2D eigenvalue weighted by Crippen LogP contribution is 2.31. The molecule has 1 unspecified atom stereocenters. The molecule has 0 aliphatic carbocycles. The molecule has 7 heteroatoms. The summed E-state index contributed by atoms with van der Waals surface area (Å²) in [6.45, 7) is 6.94. The number of alkyl halides is 3. The van der Waals surface area contributed by atoms with Crippen molar-refractivity contribution in [2.45, 2.75) is 45.3 Å². The van der Waals surface area contributed by atoms with Crippen LogP contribution in [0.4, 0.5) is 13.2 Å². The van der Waals surface area contributed by atoms with Crippen LogP contribution in [-0.2, 0) is 11.0 Å². The molecule has 23 heavy (non-hydrogen) atoms. The van der Waals surface area contributed by atoms with E-state index in [0.29, 0.717) is 18.5 Å². The van der Waals surface area contributed by atoms with Crippen LogP contribution < -0.4 is 10.6 Å². The first kappa shape index (κ1) is 21.7. The number of hydrogen-bond donors (Lipinski definition) is 2. The zero-order valence-corrected chi connectivity index (χ0v) is 14.4. The molecule has 0 fully saturated rings. The van der Waals surface area contributed by atoms with E-state index in [9.17, 15) is 18.0 Å². The topological polar surface area (TPSA) is 41.1 Å². The third-order valence-corrected chi connectivity index (χ3v) is 3.48. The van der Waals surface area contributed by atoms with Gasteiger partial charge in [-0.05, 0) is 31.5 Å². The van der Waals surface area contributed by atoms with Gasteiger partial charge in [-0.15, -0.1) is 12.4 Å². The Bertz CT molecular complexity index is 494. The van der Waals surface area contributed by atoms with Gasteiger partial charge in [-0.1, -0.05) is 32.0 Å². The van der Waals surface area contributed by atoms with E-state index in [1.165, 1.54) is 6.07 Å². The third kappa shape index (κ3) is 6.79. The van der Waals surface area contributed by atoms with E-state index in [1.807, 2.05) is 13.8 Å². The zero-order chi connectivity index (χ0) is 16.8. The minimum absolute atomic E-state index is 0. The van der Waals surface area contributed by atoms with E-state index in [1.54, 1.807) is 13.0 Å². The normalized spacial score (nSPS) is 13.8. The Balaban J connectivity index is 0.00000484. The van der Waals surface area contributed by atoms with Crippen molar-refractivity contribution in [2.75, 3.05) is 13.1 Å². The highest BCUT2D eigenvalue weighted by molar-refractivity contribution is 5.85. The van der Waals surface area contributed by atoms with Crippen molar-refractivity contribution < 1.29 is 18.0 Å². The highest BCUT2D eigenvalue weighted by atomic mass is 35.5. The first-order valence-corrected chi connectivity index (χ1v) is 7.47. The number of rotatable bonds is 7. The van der Waals surface area contributed by atoms with Crippen LogP contribution in [0.3, 0.4) is 0 Å². The minimum Gasteiger partial charge on any atom is -0.354 e. The molecule has 1 rings (SSSR count). The second-order valence-corrected chi connectivity index (χ2v) is 5.29. The number of carbonyl (C=O) groups excluding carboxylic acids is 1. The van der Waals surface area contributed by atoms with Gasteiger partial charge in [-0.2, -0.15) is 13.2 Å². The first-order valence-electron chi connectivity index (χ1n) is 7.47. The number of amides is 1. The molecule has 0 aromatic heterocycles. The number of hydrogen-bond acceptors (Lipinski definition) is 2. The zero-order valence-electron chi connectivity index (χ0n) is 13.5. The SMILES string of the molecule is CCN[C@H](C)CNC(=O)C(CC)c1cccc(C(F)(F)F)c1.Cl. The molecule has 0 aliphatic rings. The Morgan fingerprint density at radius 3 is 2.43 bits per heavy atom. The lowest BCUT2D eigenvalue weighted by atomic mass is 9.94. The average Bonchev–Trinajstić information content (AvgIpc) is 2.46. The fourth-order valence-corrected chi connectivity index (χ4v) is 2.30. The third-order valence-electron chi connectivity index (χ3n) is 3.48. The second kappa shape index (κ2) is 9.78. The van der Waals surface area contributed by atoms with E-state index in [2.05, 4.69) is 10.6 Å². The maximum absolute atomic E-state index is 12.8. The Labute approximate surface area is 141 Å². The standard InChI is InChI=1S/C16H23F3N2O.ClH/c1-4-14(15(22)21-10-11(3)20-5-2)12-7-6-8-13(9-12)16(17,18)19;/h6-9,11,14,20H,4-5,10H2,1-3H3,(H,21,22);1H/t11-,14?;/m1./s1. The van der Waals surface area contributed by atoms with Gasteiger partial charge < -0.3 is 10.6 Å². The van der Waals surface area contributed by atoms with E-state index in [-0.39, 0.29) is 24.4 Å². The summed E-state index contributed by atoms with van der Waals surface area (Å²) in [7, 11) is 0. The van der Waals surface area contributed by atoms with Gasteiger partial charge in [-0.3, -0.25) is 4.79 Å². The summed E-state index contributed by atoms with van der Waals surface area (Å²) < 4.78 is 38.3. The summed E-state index contributed by atoms with van der Waals surface area (Å²) in [5, 5.41) is 5.96. The van der Waals surface area contributed by atoms with Gasteiger partial charge in [0.2, 0.25) is 5.91 Å². The van der Waals surface area contributed by atoms with Gasteiger partial charge in [0.1, 0.15) is 0 Å². The lowest BCUT2D eigenvalue weighted by Gasteiger charge is -2.19. The lowest BCUT2D eigenvalue weighted by Crippen LogP contribution is -2.40. The van der Waals surface area contributed by atoms with Crippen LogP contribution in [-0.4, -0.2) is 25.0 Å². The van der Waals surface area contributed by atoms with Crippen molar-refractivity contribution in [1.82, 2.24) is 10.6 Å². The second-order valence-electron chi connectivity index (χ2n) is 5.29. The molecule has 0 saturated carbocycles. The maximum atomic E-state index is 12.8. The molecular formula is C16H24ClF3N2O. The van der Waals surface area contributed by atoms with Gasteiger partial charge in [0, 0.05) is 12.6 Å². The molecule has 0 heterocycles. The highest BCUT2D eigenvalue weighted by Gasteiger charge is 2.31. The van der Waals surface area contributed by atoms with E-state index < -0.39 is 17.7 Å². The minimum atomic E-state index is -4.40. The van der Waals surface area contributed by atoms with Gasteiger partial charge in [0.25, 0.3) is 0 Å². The number of carbonyl (C=O) groups is 1. The summed E-state index contributed by atoms with van der Waals surface area (Å²) in [5.74, 6) is -0.817. The molecule has 1 aromatic rings. The van der Waals surface area contributed by atoms with Crippen molar-refractivity contribution in [2.24, 2.45) is 0 Å². The molecule has 0 aliphatic heterocycles. The van der Waals surface area contributed by atoms with E-state index in [4.69, 9.17) is 0 Å². The Kier molecular flexibility index (Phi) is 9.24. The summed E-state index contributed by atoms with van der Waals surface area (Å²) in [6.07, 6.45) is -3.95. The summed E-state index contributed by atoms with van der Waals surface area (Å²) in [4.78, 5) is 12.2. The smallest absolute Gasteiger partial charge is 0.354 e. The fourth-order valence-electron chi connectivity index (χ4n) is 2.30. The summed E-state index contributed by atoms with van der Waals surface area (Å²) in [5.41, 5.74) is -0.330. The number of likely N-dealkylation sites (N-methyl/N-ethyl adjacent to an activating group) is 1. The van der Waals surface area contributed by atoms with Crippen LogP contribution >= 0.6 is 12.4 Å². The average molecular weight is 353 g/mol. The van der Waals surface area contributed by atoms with Crippen molar-refractivity contribution in [3.05, 3.63) is 35.4 Å². The molecule has 3 nitrogen and oxygen atoms in total. The lowest BCUT2D eigenvalue weighted by molar-refractivity contribution is -0.137. The fraction of sp³-hybridized carbons (Fsp3) is 0.562. The molecule has 0 radical (unpaired) electrons. The van der Waals surface area contributed by atoms with Crippen molar-refractivity contribution in [3.8, 4) is 0 Å². The van der Waals surface area contributed by atoms with Crippen molar-refractivity contribution >= 4 is 18.3 Å². The van der Waals surface area contributed by atoms with E-state index in [0.717, 1.165) is 18.7 Å². The Morgan fingerprint density at radius 1 is 1.26 bits per heavy atom. The molecule has 0 saturated heterocycles. The largest absolute Gasteiger partial charge is 0.416 e. The first-order chi connectivity index (χ1) is 10.3. The molecule has 0 bridgehead atoms. The van der Waals surface area contributed by atoms with Crippen LogP contribution in [0.5, 0.6) is 0 Å². The summed E-state index contributed by atoms with van der Waals surface area (Å²) >= 11 is 0. The molecule has 2 N–H and O–H groups in total. The number of halogens is 4. The van der Waals surface area contributed by atoms with Gasteiger partial charge in [-0.25, -0.2) is 0 Å². The van der Waals surface area contributed by atoms with Gasteiger partial charge in [0.15, 0.2) is 0 Å². The molecule has 2 atom stereocenters. The predicted octanol–water partition coefficient (Wildman–Crippen LogP) is 3.74. The molecule has 0 spiro atoms. The number of benzene rings is 1. The maximum Gasteiger partial charge on any atom is 0.416 e. The monoisotopic (exact) mass is 352 g/mol. The van der Waals surface area contributed by atoms with Crippen LogP contribution in [0, 0.1) is 0 Å². The van der Waals surface area contributed by atoms with E-state index >= 15 is 0 Å². The molecule has 1 aromatic carbocycles. The Hall–Kier alpha value is -1.27.